The molecule has 90 valence electrons. The van der Waals surface area contributed by atoms with Crippen LogP contribution in [0.25, 0.3) is 0 Å². The van der Waals surface area contributed by atoms with Gasteiger partial charge in [-0.1, -0.05) is 15.9 Å². The van der Waals surface area contributed by atoms with E-state index in [1.165, 1.54) is 7.11 Å². The summed E-state index contributed by atoms with van der Waals surface area (Å²) >= 11 is 3.39. The lowest BCUT2D eigenvalue weighted by atomic mass is 9.96. The summed E-state index contributed by atoms with van der Waals surface area (Å²) in [7, 11) is 1.54. The summed E-state index contributed by atoms with van der Waals surface area (Å²) in [6.45, 7) is 3.94. The summed E-state index contributed by atoms with van der Waals surface area (Å²) in [4.78, 5) is 0. The molecule has 16 heavy (non-hydrogen) atoms. The number of hydrogen-bond donors (Lipinski definition) is 2. The van der Waals surface area contributed by atoms with Crippen molar-refractivity contribution in [2.45, 2.75) is 32.2 Å². The SMILES string of the molecule is COc1cc(Br)cc(CCC(C)(C)N)c1O. The maximum Gasteiger partial charge on any atom is 0.161 e. The van der Waals surface area contributed by atoms with Gasteiger partial charge in [0.2, 0.25) is 0 Å². The van der Waals surface area contributed by atoms with Gasteiger partial charge in [0.25, 0.3) is 0 Å². The number of aryl methyl sites for hydroxylation is 1. The Balaban J connectivity index is 2.91. The summed E-state index contributed by atoms with van der Waals surface area (Å²) in [6.07, 6.45) is 1.53. The van der Waals surface area contributed by atoms with Crippen molar-refractivity contribution in [2.75, 3.05) is 7.11 Å². The van der Waals surface area contributed by atoms with Gasteiger partial charge in [0.15, 0.2) is 11.5 Å². The molecule has 0 aromatic heterocycles. The molecule has 0 atom stereocenters. The zero-order chi connectivity index (χ0) is 12.3. The molecule has 0 heterocycles. The first-order valence-corrected chi connectivity index (χ1v) is 5.97. The van der Waals surface area contributed by atoms with E-state index in [0.29, 0.717) is 5.75 Å². The van der Waals surface area contributed by atoms with E-state index in [1.807, 2.05) is 19.9 Å². The van der Waals surface area contributed by atoms with Crippen LogP contribution in [0.1, 0.15) is 25.8 Å². The molecule has 1 rings (SSSR count). The molecule has 1 aromatic carbocycles. The summed E-state index contributed by atoms with van der Waals surface area (Å²) in [6, 6.07) is 3.63. The minimum Gasteiger partial charge on any atom is -0.504 e. The van der Waals surface area contributed by atoms with Crippen molar-refractivity contribution in [1.29, 1.82) is 0 Å². The standard InChI is InChI=1S/C12H18BrNO2/c1-12(2,14)5-4-8-6-9(13)7-10(16-3)11(8)15/h6-7,15H,4-5,14H2,1-3H3. The van der Waals surface area contributed by atoms with E-state index in [4.69, 9.17) is 10.5 Å². The van der Waals surface area contributed by atoms with E-state index in [-0.39, 0.29) is 11.3 Å². The third-order valence-corrected chi connectivity index (χ3v) is 2.84. The Morgan fingerprint density at radius 3 is 2.56 bits per heavy atom. The minimum absolute atomic E-state index is 0.204. The highest BCUT2D eigenvalue weighted by Gasteiger charge is 2.14. The Morgan fingerprint density at radius 1 is 1.44 bits per heavy atom. The number of phenols is 1. The van der Waals surface area contributed by atoms with Crippen LogP contribution in [0.2, 0.25) is 0 Å². The molecular formula is C12H18BrNO2. The van der Waals surface area contributed by atoms with Crippen LogP contribution in [-0.2, 0) is 6.42 Å². The van der Waals surface area contributed by atoms with Crippen LogP contribution in [0.5, 0.6) is 11.5 Å². The van der Waals surface area contributed by atoms with Crippen molar-refractivity contribution in [1.82, 2.24) is 0 Å². The zero-order valence-electron chi connectivity index (χ0n) is 9.88. The first-order valence-electron chi connectivity index (χ1n) is 5.18. The Hall–Kier alpha value is -0.740. The van der Waals surface area contributed by atoms with Crippen LogP contribution in [0.15, 0.2) is 16.6 Å². The van der Waals surface area contributed by atoms with E-state index in [2.05, 4.69) is 15.9 Å². The third kappa shape index (κ3) is 3.68. The highest BCUT2D eigenvalue weighted by atomic mass is 79.9. The molecule has 3 N–H and O–H groups in total. The predicted octanol–water partition coefficient (Wildman–Crippen LogP) is 2.83. The second kappa shape index (κ2) is 5.06. The normalized spacial score (nSPS) is 11.6. The fourth-order valence-corrected chi connectivity index (χ4v) is 1.92. The summed E-state index contributed by atoms with van der Waals surface area (Å²) < 4.78 is 5.98. The second-order valence-corrected chi connectivity index (χ2v) is 5.52. The number of nitrogens with two attached hydrogens (primary N) is 1. The predicted molar refractivity (Wildman–Crippen MR) is 68.9 cm³/mol. The van der Waals surface area contributed by atoms with Gasteiger partial charge in [-0.3, -0.25) is 0 Å². The fourth-order valence-electron chi connectivity index (χ4n) is 1.43. The Labute approximate surface area is 105 Å². The number of benzene rings is 1. The van der Waals surface area contributed by atoms with Crippen molar-refractivity contribution >= 4 is 15.9 Å². The number of aromatic hydroxyl groups is 1. The largest absolute Gasteiger partial charge is 0.504 e. The van der Waals surface area contributed by atoms with Crippen LogP contribution < -0.4 is 10.5 Å². The van der Waals surface area contributed by atoms with Crippen molar-refractivity contribution in [3.63, 3.8) is 0 Å². The molecule has 0 bridgehead atoms. The minimum atomic E-state index is -0.234. The molecule has 0 saturated heterocycles. The van der Waals surface area contributed by atoms with E-state index in [0.717, 1.165) is 22.9 Å². The van der Waals surface area contributed by atoms with Crippen LogP contribution in [-0.4, -0.2) is 17.8 Å². The van der Waals surface area contributed by atoms with Gasteiger partial charge < -0.3 is 15.6 Å². The number of halogens is 1. The molecule has 0 spiro atoms. The maximum atomic E-state index is 9.92. The van der Waals surface area contributed by atoms with Gasteiger partial charge in [-0.2, -0.15) is 0 Å². The topological polar surface area (TPSA) is 55.5 Å². The first-order chi connectivity index (χ1) is 7.33. The van der Waals surface area contributed by atoms with E-state index in [9.17, 15) is 5.11 Å². The van der Waals surface area contributed by atoms with Crippen molar-refractivity contribution in [2.24, 2.45) is 5.73 Å². The van der Waals surface area contributed by atoms with Gasteiger partial charge >= 0.3 is 0 Å². The average Bonchev–Trinajstić information content (AvgIpc) is 2.17. The van der Waals surface area contributed by atoms with E-state index in [1.54, 1.807) is 6.07 Å². The summed E-state index contributed by atoms with van der Waals surface area (Å²) in [5.41, 5.74) is 6.53. The van der Waals surface area contributed by atoms with Crippen LogP contribution in [0.4, 0.5) is 0 Å². The maximum absolute atomic E-state index is 9.92. The van der Waals surface area contributed by atoms with Crippen molar-refractivity contribution in [3.05, 3.63) is 22.2 Å². The van der Waals surface area contributed by atoms with Gasteiger partial charge in [-0.25, -0.2) is 0 Å². The quantitative estimate of drug-likeness (QED) is 0.895. The molecular weight excluding hydrogens is 270 g/mol. The highest BCUT2D eigenvalue weighted by Crippen LogP contribution is 2.34. The van der Waals surface area contributed by atoms with Gasteiger partial charge in [0, 0.05) is 10.0 Å². The Kier molecular flexibility index (Phi) is 4.21. The van der Waals surface area contributed by atoms with E-state index >= 15 is 0 Å². The summed E-state index contributed by atoms with van der Waals surface area (Å²) in [5, 5.41) is 9.92. The molecule has 4 heteroatoms. The van der Waals surface area contributed by atoms with Crippen molar-refractivity contribution < 1.29 is 9.84 Å². The van der Waals surface area contributed by atoms with Crippen LogP contribution in [0.3, 0.4) is 0 Å². The Bertz CT molecular complexity index is 372. The number of hydrogen-bond acceptors (Lipinski definition) is 3. The van der Waals surface area contributed by atoms with Gasteiger partial charge in [0.05, 0.1) is 7.11 Å². The average molecular weight is 288 g/mol. The van der Waals surface area contributed by atoms with Crippen LogP contribution >= 0.6 is 15.9 Å². The first kappa shape index (κ1) is 13.3. The number of rotatable bonds is 4. The monoisotopic (exact) mass is 287 g/mol. The molecule has 0 aliphatic rings. The van der Waals surface area contributed by atoms with Crippen molar-refractivity contribution in [3.8, 4) is 11.5 Å². The third-order valence-electron chi connectivity index (χ3n) is 2.38. The van der Waals surface area contributed by atoms with Gasteiger partial charge in [0.1, 0.15) is 0 Å². The molecule has 0 fully saturated rings. The molecule has 0 aliphatic heterocycles. The molecule has 0 unspecified atom stereocenters. The van der Waals surface area contributed by atoms with Gasteiger partial charge in [-0.05, 0) is 44.4 Å². The summed E-state index contributed by atoms with van der Waals surface area (Å²) in [5.74, 6) is 0.689. The lowest BCUT2D eigenvalue weighted by Gasteiger charge is -2.19. The van der Waals surface area contributed by atoms with E-state index < -0.39 is 0 Å². The lowest BCUT2D eigenvalue weighted by molar-refractivity contribution is 0.368. The lowest BCUT2D eigenvalue weighted by Crippen LogP contribution is -2.32. The second-order valence-electron chi connectivity index (χ2n) is 4.60. The smallest absolute Gasteiger partial charge is 0.161 e. The molecule has 0 radical (unpaired) electrons. The number of ether oxygens (including phenoxy) is 1. The molecule has 0 amide bonds. The molecule has 0 saturated carbocycles. The molecule has 3 nitrogen and oxygen atoms in total. The molecule has 1 aromatic rings. The highest BCUT2D eigenvalue weighted by molar-refractivity contribution is 9.10. The zero-order valence-corrected chi connectivity index (χ0v) is 11.5. The number of phenolic OH excluding ortho intramolecular Hbond substituents is 1. The molecule has 0 aliphatic carbocycles. The van der Waals surface area contributed by atoms with Gasteiger partial charge in [-0.15, -0.1) is 0 Å². The number of methoxy groups -OCH3 is 1. The Morgan fingerprint density at radius 2 is 2.06 bits per heavy atom. The fraction of sp³-hybridized carbons (Fsp3) is 0.500. The van der Waals surface area contributed by atoms with Crippen LogP contribution in [0, 0.1) is 0 Å².